The molecule has 0 aliphatic rings. The smallest absolute Gasteiger partial charge is 0.0874 e. The van der Waals surface area contributed by atoms with Crippen molar-refractivity contribution < 1.29 is 5.11 Å². The normalized spacial score (nSPS) is 15.3. The highest BCUT2D eigenvalue weighted by atomic mass is 28.3. The minimum Gasteiger partial charge on any atom is -0.389 e. The minimum absolute atomic E-state index is 0.654. The first-order valence-corrected chi connectivity index (χ1v) is 11.8. The molecule has 21 heavy (non-hydrogen) atoms. The molecule has 0 saturated carbocycles. The zero-order valence-corrected chi connectivity index (χ0v) is 15.2. The van der Waals surface area contributed by atoms with Gasteiger partial charge in [0.1, 0.15) is 0 Å². The summed E-state index contributed by atoms with van der Waals surface area (Å²) in [5.74, 6) is 0. The maximum absolute atomic E-state index is 11.2. The molecule has 1 atom stereocenters. The molecule has 0 heterocycles. The van der Waals surface area contributed by atoms with E-state index in [2.05, 4.69) is 63.0 Å². The van der Waals surface area contributed by atoms with E-state index in [1.54, 1.807) is 0 Å². The molecule has 0 bridgehead atoms. The number of hydrogen-bond donors (Lipinski definition) is 1. The van der Waals surface area contributed by atoms with Crippen LogP contribution in [-0.4, -0.2) is 18.4 Å². The van der Waals surface area contributed by atoms with Crippen LogP contribution in [0.15, 0.2) is 42.5 Å². The van der Waals surface area contributed by atoms with E-state index in [4.69, 9.17) is 0 Å². The van der Waals surface area contributed by atoms with Gasteiger partial charge in [0.15, 0.2) is 0 Å². The number of aliphatic hydroxyl groups is 1. The van der Waals surface area contributed by atoms with Crippen molar-refractivity contribution in [1.82, 2.24) is 0 Å². The van der Waals surface area contributed by atoms with Gasteiger partial charge in [-0.25, -0.2) is 0 Å². The molecule has 1 rings (SSSR count). The summed E-state index contributed by atoms with van der Waals surface area (Å²) in [6.45, 7) is 8.98. The highest BCUT2D eigenvalue weighted by molar-refractivity contribution is 6.79. The number of benzene rings is 1. The van der Waals surface area contributed by atoms with E-state index in [0.29, 0.717) is 0 Å². The summed E-state index contributed by atoms with van der Waals surface area (Å²) < 4.78 is 0. The average Bonchev–Trinajstić information content (AvgIpc) is 2.42. The Labute approximate surface area is 132 Å². The van der Waals surface area contributed by atoms with Gasteiger partial charge in [-0.3, -0.25) is 0 Å². The van der Waals surface area contributed by atoms with E-state index >= 15 is 0 Å². The fraction of sp³-hybridized carbons (Fsp3) is 0.579. The van der Waals surface area contributed by atoms with Crippen molar-refractivity contribution in [3.05, 3.63) is 48.0 Å². The fourth-order valence-electron chi connectivity index (χ4n) is 2.45. The summed E-state index contributed by atoms with van der Waals surface area (Å²) in [5, 5.41) is 10.5. The van der Waals surface area contributed by atoms with Crippen molar-refractivity contribution in [3.63, 3.8) is 0 Å². The van der Waals surface area contributed by atoms with Crippen LogP contribution in [-0.2, 0) is 6.42 Å². The van der Waals surface area contributed by atoms with Crippen LogP contribution < -0.4 is 0 Å². The lowest BCUT2D eigenvalue weighted by Gasteiger charge is -2.37. The topological polar surface area (TPSA) is 20.2 Å². The van der Waals surface area contributed by atoms with Crippen molar-refractivity contribution in [3.8, 4) is 0 Å². The third-order valence-corrected chi connectivity index (χ3v) is 7.17. The molecule has 1 nitrogen and oxygen atoms in total. The maximum atomic E-state index is 11.2. The van der Waals surface area contributed by atoms with Crippen LogP contribution in [0, 0.1) is 0 Å². The lowest BCUT2D eigenvalue weighted by atomic mass is 10.1. The first-order valence-electron chi connectivity index (χ1n) is 8.33. The van der Waals surface area contributed by atoms with Crippen molar-refractivity contribution in [2.45, 2.75) is 70.3 Å². The number of allylic oxidation sites excluding steroid dienone is 1. The van der Waals surface area contributed by atoms with Crippen molar-refractivity contribution in [1.29, 1.82) is 0 Å². The molecule has 1 aromatic carbocycles. The Morgan fingerprint density at radius 2 is 1.71 bits per heavy atom. The monoisotopic (exact) mass is 304 g/mol. The largest absolute Gasteiger partial charge is 0.389 e. The van der Waals surface area contributed by atoms with Gasteiger partial charge in [-0.1, -0.05) is 88.3 Å². The molecule has 0 aromatic heterocycles. The van der Waals surface area contributed by atoms with E-state index in [9.17, 15) is 5.11 Å². The van der Waals surface area contributed by atoms with Gasteiger partial charge in [-0.05, 0) is 18.4 Å². The maximum Gasteiger partial charge on any atom is 0.0874 e. The quantitative estimate of drug-likeness (QED) is 0.370. The molecule has 0 fully saturated rings. The summed E-state index contributed by atoms with van der Waals surface area (Å²) in [7, 11) is -1.70. The molecule has 0 radical (unpaired) electrons. The third-order valence-electron chi connectivity index (χ3n) is 4.23. The van der Waals surface area contributed by atoms with E-state index in [1.807, 2.05) is 6.07 Å². The van der Waals surface area contributed by atoms with Crippen molar-refractivity contribution in [2.75, 3.05) is 0 Å². The molecule has 0 aliphatic heterocycles. The van der Waals surface area contributed by atoms with E-state index in [1.165, 1.54) is 31.2 Å². The second-order valence-corrected chi connectivity index (χ2v) is 12.5. The first kappa shape index (κ1) is 18.2. The Morgan fingerprint density at radius 3 is 2.29 bits per heavy atom. The van der Waals surface area contributed by atoms with Crippen LogP contribution in [0.25, 0.3) is 0 Å². The van der Waals surface area contributed by atoms with Crippen LogP contribution in [0.1, 0.15) is 44.6 Å². The van der Waals surface area contributed by atoms with Gasteiger partial charge in [0.2, 0.25) is 0 Å². The van der Waals surface area contributed by atoms with Gasteiger partial charge in [0.25, 0.3) is 0 Å². The molecule has 1 N–H and O–H groups in total. The number of unbranched alkanes of at least 4 members (excludes halogenated alkanes) is 4. The predicted octanol–water partition coefficient (Wildman–Crippen LogP) is 5.36. The third kappa shape index (κ3) is 6.19. The van der Waals surface area contributed by atoms with Crippen molar-refractivity contribution >= 4 is 8.07 Å². The van der Waals surface area contributed by atoms with E-state index < -0.39 is 13.3 Å². The molecule has 0 spiro atoms. The summed E-state index contributed by atoms with van der Waals surface area (Å²) in [6, 6.07) is 10.4. The Bertz CT molecular complexity index is 419. The molecular formula is C19H32OSi. The SMILES string of the molecule is CCCCCC/C=C/C(O)(Cc1ccccc1)[Si](C)(C)C. The standard InChI is InChI=1S/C19H32OSi/c1-5-6-7-8-9-13-16-19(20,21(2,3)4)17-18-14-11-10-12-15-18/h10-16,20H,5-9,17H2,1-4H3/b16-13+. The zero-order chi connectivity index (χ0) is 15.8. The van der Waals surface area contributed by atoms with Gasteiger partial charge in [-0.2, -0.15) is 0 Å². The summed E-state index contributed by atoms with van der Waals surface area (Å²) >= 11 is 0. The van der Waals surface area contributed by atoms with Crippen LogP contribution in [0.2, 0.25) is 19.6 Å². The Balaban J connectivity index is 2.69. The Hall–Kier alpha value is -0.863. The van der Waals surface area contributed by atoms with Crippen LogP contribution >= 0.6 is 0 Å². The van der Waals surface area contributed by atoms with Crippen molar-refractivity contribution in [2.24, 2.45) is 0 Å². The van der Waals surface area contributed by atoms with E-state index in [-0.39, 0.29) is 0 Å². The summed E-state index contributed by atoms with van der Waals surface area (Å²) in [5.41, 5.74) is 1.22. The van der Waals surface area contributed by atoms with Crippen LogP contribution in [0.3, 0.4) is 0 Å². The van der Waals surface area contributed by atoms with Gasteiger partial charge < -0.3 is 5.11 Å². The van der Waals surface area contributed by atoms with Gasteiger partial charge in [0.05, 0.1) is 13.3 Å². The second-order valence-electron chi connectivity index (χ2n) is 7.09. The summed E-state index contributed by atoms with van der Waals surface area (Å²) in [6.07, 6.45) is 11.2. The molecule has 1 aromatic rings. The highest BCUT2D eigenvalue weighted by Crippen LogP contribution is 2.27. The molecule has 0 aliphatic carbocycles. The fourth-order valence-corrected chi connectivity index (χ4v) is 3.80. The van der Waals surface area contributed by atoms with Gasteiger partial charge >= 0.3 is 0 Å². The molecule has 2 heteroatoms. The molecular weight excluding hydrogens is 272 g/mol. The Kier molecular flexibility index (Phi) is 7.40. The molecule has 1 unspecified atom stereocenters. The van der Waals surface area contributed by atoms with Crippen LogP contribution in [0.4, 0.5) is 0 Å². The average molecular weight is 305 g/mol. The van der Waals surface area contributed by atoms with Crippen LogP contribution in [0.5, 0.6) is 0 Å². The molecule has 0 saturated heterocycles. The molecule has 118 valence electrons. The highest BCUT2D eigenvalue weighted by Gasteiger charge is 2.39. The minimum atomic E-state index is -1.70. The van der Waals surface area contributed by atoms with Gasteiger partial charge in [0, 0.05) is 6.42 Å². The van der Waals surface area contributed by atoms with Gasteiger partial charge in [-0.15, -0.1) is 0 Å². The predicted molar refractivity (Wildman–Crippen MR) is 96.3 cm³/mol. The lowest BCUT2D eigenvalue weighted by Crippen LogP contribution is -2.52. The summed E-state index contributed by atoms with van der Waals surface area (Å²) in [4.78, 5) is 0. The molecule has 0 amide bonds. The second kappa shape index (κ2) is 8.55. The zero-order valence-electron chi connectivity index (χ0n) is 14.2. The first-order chi connectivity index (χ1) is 9.89. The lowest BCUT2D eigenvalue weighted by molar-refractivity contribution is 0.166. The number of rotatable bonds is 9. The number of hydrogen-bond acceptors (Lipinski definition) is 1. The Morgan fingerprint density at radius 1 is 1.05 bits per heavy atom. The van der Waals surface area contributed by atoms with E-state index in [0.717, 1.165) is 12.8 Å².